The summed E-state index contributed by atoms with van der Waals surface area (Å²) in [4.78, 5) is 22.9. The van der Waals surface area contributed by atoms with E-state index >= 15 is 0 Å². The lowest BCUT2D eigenvalue weighted by Gasteiger charge is -2.44. The summed E-state index contributed by atoms with van der Waals surface area (Å²) in [7, 11) is 1.91. The second-order valence-corrected chi connectivity index (χ2v) is 7.06. The molecule has 0 atom stereocenters. The van der Waals surface area contributed by atoms with Crippen molar-refractivity contribution in [1.82, 2.24) is 29.8 Å². The molecule has 26 heavy (non-hydrogen) atoms. The number of hydrogen-bond acceptors (Lipinski definition) is 7. The van der Waals surface area contributed by atoms with E-state index in [4.69, 9.17) is 5.10 Å². The Labute approximate surface area is 149 Å². The number of likely N-dealkylation sites (N-methyl/N-ethyl adjacent to an activating group) is 1. The van der Waals surface area contributed by atoms with Crippen molar-refractivity contribution in [1.29, 1.82) is 0 Å². The lowest BCUT2D eigenvalue weighted by molar-refractivity contribution is 0.394. The molecule has 9 nitrogen and oxygen atoms in total. The molecule has 9 heteroatoms. The van der Waals surface area contributed by atoms with E-state index in [0.717, 1.165) is 30.4 Å². The van der Waals surface area contributed by atoms with Crippen LogP contribution in [0, 0.1) is 0 Å². The van der Waals surface area contributed by atoms with Gasteiger partial charge in [0.2, 0.25) is 0 Å². The number of anilines is 2. The molecular weight excluding hydrogens is 332 g/mol. The topological polar surface area (TPSA) is 95.3 Å². The molecule has 0 amide bonds. The summed E-state index contributed by atoms with van der Waals surface area (Å²) >= 11 is 0. The zero-order valence-corrected chi connectivity index (χ0v) is 14.5. The van der Waals surface area contributed by atoms with Gasteiger partial charge in [-0.3, -0.25) is 4.79 Å². The SMILES string of the molecule is CN(c1ncc[nH]c1=O)C1CN(c2ccc3nnc(C4CCC4)n3n2)C1. The van der Waals surface area contributed by atoms with Crippen molar-refractivity contribution in [2.75, 3.05) is 29.9 Å². The molecule has 0 aromatic carbocycles. The molecule has 0 unspecified atom stereocenters. The Balaban J connectivity index is 1.34. The zero-order valence-electron chi connectivity index (χ0n) is 14.5. The molecule has 1 saturated carbocycles. The number of fused-ring (bicyclic) bond motifs is 1. The van der Waals surface area contributed by atoms with Crippen LogP contribution in [0.4, 0.5) is 11.6 Å². The summed E-state index contributed by atoms with van der Waals surface area (Å²) in [5.41, 5.74) is 0.632. The second kappa shape index (κ2) is 5.79. The zero-order chi connectivity index (χ0) is 17.7. The van der Waals surface area contributed by atoms with E-state index in [1.807, 2.05) is 28.6 Å². The first-order valence-corrected chi connectivity index (χ1v) is 8.94. The van der Waals surface area contributed by atoms with Crippen LogP contribution in [0.25, 0.3) is 5.65 Å². The number of aromatic amines is 1. The molecule has 3 aromatic rings. The van der Waals surface area contributed by atoms with Crippen LogP contribution in [0.2, 0.25) is 0 Å². The van der Waals surface area contributed by atoms with E-state index in [1.165, 1.54) is 19.3 Å². The molecule has 5 rings (SSSR count). The Morgan fingerprint density at radius 1 is 1.23 bits per heavy atom. The second-order valence-electron chi connectivity index (χ2n) is 7.06. The molecular formula is C17H20N8O. The molecule has 1 aliphatic heterocycles. The average Bonchev–Trinajstić information content (AvgIpc) is 2.95. The molecule has 0 radical (unpaired) electrons. The first-order valence-electron chi connectivity index (χ1n) is 8.94. The van der Waals surface area contributed by atoms with Crippen LogP contribution in [-0.4, -0.2) is 56.0 Å². The highest BCUT2D eigenvalue weighted by atomic mass is 16.1. The molecule has 1 N–H and O–H groups in total. The Morgan fingerprint density at radius 2 is 2.08 bits per heavy atom. The quantitative estimate of drug-likeness (QED) is 0.742. The van der Waals surface area contributed by atoms with Gasteiger partial charge in [0.05, 0.1) is 6.04 Å². The Morgan fingerprint density at radius 3 is 2.81 bits per heavy atom. The maximum Gasteiger partial charge on any atom is 0.290 e. The van der Waals surface area contributed by atoms with Gasteiger partial charge < -0.3 is 14.8 Å². The fraction of sp³-hybridized carbons (Fsp3) is 0.471. The normalized spacial score (nSPS) is 18.0. The largest absolute Gasteiger partial charge is 0.351 e. The maximum absolute atomic E-state index is 11.9. The summed E-state index contributed by atoms with van der Waals surface area (Å²) in [6, 6.07) is 4.19. The van der Waals surface area contributed by atoms with Crippen molar-refractivity contribution in [2.24, 2.45) is 0 Å². The Kier molecular flexibility index (Phi) is 3.41. The Hall–Kier alpha value is -2.97. The van der Waals surface area contributed by atoms with E-state index in [0.29, 0.717) is 11.7 Å². The van der Waals surface area contributed by atoms with E-state index in [2.05, 4.69) is 25.1 Å². The number of nitrogens with one attached hydrogen (secondary N) is 1. The van der Waals surface area contributed by atoms with Gasteiger partial charge in [-0.05, 0) is 25.0 Å². The summed E-state index contributed by atoms with van der Waals surface area (Å²) in [6.45, 7) is 1.60. The monoisotopic (exact) mass is 352 g/mol. The van der Waals surface area contributed by atoms with E-state index < -0.39 is 0 Å². The predicted octanol–water partition coefficient (Wildman–Crippen LogP) is 0.800. The minimum Gasteiger partial charge on any atom is -0.351 e. The van der Waals surface area contributed by atoms with Crippen LogP contribution in [0.3, 0.4) is 0 Å². The molecule has 0 spiro atoms. The molecule has 2 aliphatic rings. The number of rotatable bonds is 4. The number of aromatic nitrogens is 6. The average molecular weight is 352 g/mol. The van der Waals surface area contributed by atoms with Gasteiger partial charge in [0.15, 0.2) is 17.3 Å². The summed E-state index contributed by atoms with van der Waals surface area (Å²) < 4.78 is 1.89. The molecule has 1 saturated heterocycles. The van der Waals surface area contributed by atoms with Crippen molar-refractivity contribution in [2.45, 2.75) is 31.2 Å². The van der Waals surface area contributed by atoms with Crippen LogP contribution in [0.1, 0.15) is 31.0 Å². The van der Waals surface area contributed by atoms with Crippen LogP contribution in [0.5, 0.6) is 0 Å². The molecule has 0 bridgehead atoms. The first-order chi connectivity index (χ1) is 12.7. The number of nitrogens with zero attached hydrogens (tertiary/aromatic N) is 7. The minimum absolute atomic E-state index is 0.164. The van der Waals surface area contributed by atoms with Gasteiger partial charge in [0.1, 0.15) is 5.82 Å². The fourth-order valence-electron chi connectivity index (χ4n) is 3.54. The van der Waals surface area contributed by atoms with Crippen molar-refractivity contribution in [3.8, 4) is 0 Å². The highest BCUT2D eigenvalue weighted by molar-refractivity contribution is 5.50. The van der Waals surface area contributed by atoms with Crippen molar-refractivity contribution in [3.05, 3.63) is 40.7 Å². The Bertz CT molecular complexity index is 1000. The van der Waals surface area contributed by atoms with Crippen LogP contribution < -0.4 is 15.4 Å². The lowest BCUT2D eigenvalue weighted by Crippen LogP contribution is -2.60. The van der Waals surface area contributed by atoms with Crippen LogP contribution >= 0.6 is 0 Å². The highest BCUT2D eigenvalue weighted by Gasteiger charge is 2.33. The minimum atomic E-state index is -0.164. The van der Waals surface area contributed by atoms with Crippen molar-refractivity contribution < 1.29 is 0 Å². The molecule has 134 valence electrons. The van der Waals surface area contributed by atoms with Gasteiger partial charge in [0.25, 0.3) is 5.56 Å². The third kappa shape index (κ3) is 2.34. The van der Waals surface area contributed by atoms with E-state index in [1.54, 1.807) is 12.4 Å². The first kappa shape index (κ1) is 15.3. The smallest absolute Gasteiger partial charge is 0.290 e. The lowest BCUT2D eigenvalue weighted by atomic mass is 9.85. The van der Waals surface area contributed by atoms with Gasteiger partial charge in [-0.1, -0.05) is 6.42 Å². The van der Waals surface area contributed by atoms with Crippen molar-refractivity contribution >= 4 is 17.3 Å². The standard InChI is InChI=1S/C17H20N8O/c1-23(16-17(26)19-8-7-18-16)12-9-24(10-12)14-6-5-13-20-21-15(25(13)22-14)11-3-2-4-11/h5-8,11-12H,2-4,9-10H2,1H3,(H,19,26). The van der Waals surface area contributed by atoms with Gasteiger partial charge in [0, 0.05) is 38.4 Å². The van der Waals surface area contributed by atoms with Gasteiger partial charge in [-0.15, -0.1) is 15.3 Å². The number of H-pyrrole nitrogens is 1. The third-order valence-corrected chi connectivity index (χ3v) is 5.50. The molecule has 2 fully saturated rings. The van der Waals surface area contributed by atoms with Crippen LogP contribution in [-0.2, 0) is 0 Å². The molecule has 1 aliphatic carbocycles. The summed E-state index contributed by atoms with van der Waals surface area (Å²) in [5, 5.41) is 13.3. The van der Waals surface area contributed by atoms with Gasteiger partial charge in [-0.2, -0.15) is 4.52 Å². The third-order valence-electron chi connectivity index (χ3n) is 5.50. The summed E-state index contributed by atoms with van der Waals surface area (Å²) in [5.74, 6) is 2.82. The molecule has 4 heterocycles. The van der Waals surface area contributed by atoms with E-state index in [-0.39, 0.29) is 11.6 Å². The number of hydrogen-bond donors (Lipinski definition) is 1. The van der Waals surface area contributed by atoms with Crippen molar-refractivity contribution in [3.63, 3.8) is 0 Å². The van der Waals surface area contributed by atoms with E-state index in [9.17, 15) is 4.79 Å². The fourth-order valence-corrected chi connectivity index (χ4v) is 3.54. The highest BCUT2D eigenvalue weighted by Crippen LogP contribution is 2.35. The predicted molar refractivity (Wildman–Crippen MR) is 96.6 cm³/mol. The maximum atomic E-state index is 11.9. The molecule has 3 aromatic heterocycles. The van der Waals surface area contributed by atoms with Crippen LogP contribution in [0.15, 0.2) is 29.3 Å². The summed E-state index contributed by atoms with van der Waals surface area (Å²) in [6.07, 6.45) is 6.74. The van der Waals surface area contributed by atoms with Gasteiger partial charge >= 0.3 is 0 Å². The van der Waals surface area contributed by atoms with Gasteiger partial charge in [-0.25, -0.2) is 4.98 Å².